The molecule has 0 bridgehead atoms. The van der Waals surface area contributed by atoms with Crippen LogP contribution in [0.15, 0.2) is 48.8 Å². The number of amides is 2. The Morgan fingerprint density at radius 3 is 2.62 bits per heavy atom. The summed E-state index contributed by atoms with van der Waals surface area (Å²) in [5, 5.41) is 4.90. The molecule has 5 rings (SSSR count). The summed E-state index contributed by atoms with van der Waals surface area (Å²) in [4.78, 5) is 40.6. The molecule has 0 aliphatic carbocycles. The van der Waals surface area contributed by atoms with Gasteiger partial charge < -0.3 is 20.5 Å². The van der Waals surface area contributed by atoms with E-state index in [0.29, 0.717) is 31.7 Å². The minimum Gasteiger partial charge on any atom is -0.351 e. The number of aryl methyl sites for hydroxylation is 1. The molecular weight excluding hydrogens is 490 g/mol. The van der Waals surface area contributed by atoms with E-state index in [-0.39, 0.29) is 17.4 Å². The van der Waals surface area contributed by atoms with Crippen LogP contribution in [-0.2, 0) is 24.3 Å². The van der Waals surface area contributed by atoms with Gasteiger partial charge in [0.25, 0.3) is 5.91 Å². The fourth-order valence-corrected chi connectivity index (χ4v) is 5.00. The summed E-state index contributed by atoms with van der Waals surface area (Å²) in [5.74, 6) is 0.888. The first kappa shape index (κ1) is 26.5. The smallest absolute Gasteiger partial charge is 0.269 e. The lowest BCUT2D eigenvalue weighted by molar-refractivity contribution is -0.130. The first-order valence-electron chi connectivity index (χ1n) is 13.4. The largest absolute Gasteiger partial charge is 0.351 e. The minimum atomic E-state index is -0.337. The average Bonchev–Trinajstić information content (AvgIpc) is 3.29. The van der Waals surface area contributed by atoms with Crippen molar-refractivity contribution in [3.8, 4) is 22.5 Å². The van der Waals surface area contributed by atoms with Gasteiger partial charge in [0.2, 0.25) is 5.91 Å². The lowest BCUT2D eigenvalue weighted by atomic mass is 10.0. The summed E-state index contributed by atoms with van der Waals surface area (Å²) < 4.78 is 2.26. The number of nitrogens with two attached hydrogens (primary N) is 1. The summed E-state index contributed by atoms with van der Waals surface area (Å²) in [6.07, 6.45) is 5.05. The summed E-state index contributed by atoms with van der Waals surface area (Å²) in [7, 11) is 0. The van der Waals surface area contributed by atoms with Crippen LogP contribution in [0, 0.1) is 0 Å². The van der Waals surface area contributed by atoms with Crippen LogP contribution in [-0.4, -0.2) is 54.9 Å². The van der Waals surface area contributed by atoms with Crippen LogP contribution in [0.4, 0.5) is 0 Å². The first-order chi connectivity index (χ1) is 18.6. The lowest BCUT2D eigenvalue weighted by Gasteiger charge is -2.28. The van der Waals surface area contributed by atoms with E-state index >= 15 is 0 Å². The molecule has 9 heteroatoms. The Hall–Kier alpha value is -4.11. The van der Waals surface area contributed by atoms with E-state index in [1.54, 1.807) is 19.2 Å². The van der Waals surface area contributed by atoms with Gasteiger partial charge in [0.15, 0.2) is 0 Å². The van der Waals surface area contributed by atoms with Gasteiger partial charge in [-0.1, -0.05) is 25.1 Å². The second kappa shape index (κ2) is 10.6. The SMILES string of the molecule is CCc1nc(-c2cccc3cc(-c4ccc(C(=O)NCCC(C)(C)N)nc4)ncc23)c2n1CCN(C(C)=O)C2. The molecule has 4 aromatic rings. The molecule has 2 amide bonds. The Morgan fingerprint density at radius 2 is 1.92 bits per heavy atom. The Balaban J connectivity index is 1.42. The molecule has 1 aliphatic rings. The van der Waals surface area contributed by atoms with Crippen molar-refractivity contribution in [1.82, 2.24) is 29.7 Å². The standard InChI is InChI=1S/C30H35N7O2/c1-5-27-35-28(26-18-36(19(2)38)13-14-37(26)27)22-8-6-7-20-15-25(34-17-23(20)22)21-9-10-24(33-16-21)29(39)32-12-11-30(3,4)31/h6-10,15-17H,5,11-14,18,31H2,1-4H3,(H,32,39). The molecule has 0 atom stereocenters. The number of rotatable bonds is 7. The monoisotopic (exact) mass is 525 g/mol. The van der Waals surface area contributed by atoms with Crippen LogP contribution in [0.1, 0.15) is 56.1 Å². The van der Waals surface area contributed by atoms with E-state index in [0.717, 1.165) is 57.8 Å². The second-order valence-electron chi connectivity index (χ2n) is 10.8. The third-order valence-electron chi connectivity index (χ3n) is 7.21. The molecule has 0 radical (unpaired) electrons. The van der Waals surface area contributed by atoms with Crippen LogP contribution < -0.4 is 11.1 Å². The van der Waals surface area contributed by atoms with E-state index in [1.807, 2.05) is 43.1 Å². The van der Waals surface area contributed by atoms with E-state index in [2.05, 4.69) is 33.9 Å². The van der Waals surface area contributed by atoms with Crippen LogP contribution >= 0.6 is 0 Å². The first-order valence-corrected chi connectivity index (χ1v) is 13.4. The number of fused-ring (bicyclic) bond motifs is 2. The average molecular weight is 526 g/mol. The van der Waals surface area contributed by atoms with Crippen molar-refractivity contribution in [3.05, 3.63) is 66.0 Å². The molecule has 0 saturated carbocycles. The van der Waals surface area contributed by atoms with E-state index in [1.165, 1.54) is 0 Å². The van der Waals surface area contributed by atoms with Gasteiger partial charge in [-0.3, -0.25) is 19.6 Å². The van der Waals surface area contributed by atoms with Gasteiger partial charge in [-0.15, -0.1) is 0 Å². The lowest BCUT2D eigenvalue weighted by Crippen LogP contribution is -2.37. The molecule has 0 unspecified atom stereocenters. The molecule has 1 aromatic carbocycles. The third-order valence-corrected chi connectivity index (χ3v) is 7.21. The van der Waals surface area contributed by atoms with E-state index in [9.17, 15) is 9.59 Å². The fraction of sp³-hybridized carbons (Fsp3) is 0.367. The van der Waals surface area contributed by atoms with Gasteiger partial charge in [-0.2, -0.15) is 0 Å². The minimum absolute atomic E-state index is 0.0762. The number of hydrogen-bond donors (Lipinski definition) is 2. The summed E-state index contributed by atoms with van der Waals surface area (Å²) in [5.41, 5.74) is 10.6. The summed E-state index contributed by atoms with van der Waals surface area (Å²) >= 11 is 0. The molecule has 39 heavy (non-hydrogen) atoms. The summed E-state index contributed by atoms with van der Waals surface area (Å²) in [6, 6.07) is 11.8. The maximum absolute atomic E-state index is 12.4. The number of imidazole rings is 1. The maximum Gasteiger partial charge on any atom is 0.269 e. The zero-order chi connectivity index (χ0) is 27.7. The van der Waals surface area contributed by atoms with Gasteiger partial charge in [-0.25, -0.2) is 4.98 Å². The summed E-state index contributed by atoms with van der Waals surface area (Å²) in [6.45, 7) is 10.1. The highest BCUT2D eigenvalue weighted by atomic mass is 16.2. The normalized spacial score (nSPS) is 13.4. The Labute approximate surface area is 228 Å². The maximum atomic E-state index is 12.4. The van der Waals surface area contributed by atoms with Crippen molar-refractivity contribution in [2.75, 3.05) is 13.1 Å². The van der Waals surface area contributed by atoms with Crippen molar-refractivity contribution < 1.29 is 9.59 Å². The van der Waals surface area contributed by atoms with Gasteiger partial charge in [-0.05, 0) is 43.9 Å². The molecule has 1 aliphatic heterocycles. The van der Waals surface area contributed by atoms with Crippen molar-refractivity contribution in [1.29, 1.82) is 0 Å². The molecule has 202 valence electrons. The number of carbonyl (C=O) groups is 2. The number of carbonyl (C=O) groups excluding carboxylic acids is 2. The van der Waals surface area contributed by atoms with Crippen LogP contribution in [0.2, 0.25) is 0 Å². The number of pyridine rings is 2. The number of benzene rings is 1. The van der Waals surface area contributed by atoms with E-state index in [4.69, 9.17) is 15.7 Å². The van der Waals surface area contributed by atoms with Gasteiger partial charge >= 0.3 is 0 Å². The molecule has 0 fully saturated rings. The van der Waals surface area contributed by atoms with Crippen molar-refractivity contribution >= 4 is 22.6 Å². The third kappa shape index (κ3) is 5.54. The van der Waals surface area contributed by atoms with Crippen LogP contribution in [0.3, 0.4) is 0 Å². The zero-order valence-corrected chi connectivity index (χ0v) is 23.0. The van der Waals surface area contributed by atoms with Crippen LogP contribution in [0.5, 0.6) is 0 Å². The molecular formula is C30H35N7O2. The molecule has 9 nitrogen and oxygen atoms in total. The zero-order valence-electron chi connectivity index (χ0n) is 23.0. The predicted octanol–water partition coefficient (Wildman–Crippen LogP) is 3.94. The van der Waals surface area contributed by atoms with Crippen molar-refractivity contribution in [3.63, 3.8) is 0 Å². The van der Waals surface area contributed by atoms with Crippen molar-refractivity contribution in [2.45, 2.75) is 59.2 Å². The highest BCUT2D eigenvalue weighted by Crippen LogP contribution is 2.34. The topological polar surface area (TPSA) is 119 Å². The highest BCUT2D eigenvalue weighted by Gasteiger charge is 2.26. The number of nitrogens with zero attached hydrogens (tertiary/aromatic N) is 5. The Morgan fingerprint density at radius 1 is 1.10 bits per heavy atom. The molecule has 0 saturated heterocycles. The molecule has 0 spiro atoms. The second-order valence-corrected chi connectivity index (χ2v) is 10.8. The molecule has 3 N–H and O–H groups in total. The number of hydrogen-bond acceptors (Lipinski definition) is 6. The van der Waals surface area contributed by atoms with Crippen LogP contribution in [0.25, 0.3) is 33.3 Å². The predicted molar refractivity (Wildman–Crippen MR) is 152 cm³/mol. The highest BCUT2D eigenvalue weighted by molar-refractivity contribution is 5.97. The number of nitrogens with one attached hydrogen (secondary N) is 1. The van der Waals surface area contributed by atoms with Gasteiger partial charge in [0.05, 0.1) is 23.6 Å². The van der Waals surface area contributed by atoms with E-state index < -0.39 is 0 Å². The van der Waals surface area contributed by atoms with Gasteiger partial charge in [0.1, 0.15) is 11.5 Å². The Kier molecular flexibility index (Phi) is 7.18. The quantitative estimate of drug-likeness (QED) is 0.377. The molecule has 3 aromatic heterocycles. The van der Waals surface area contributed by atoms with Gasteiger partial charge in [0, 0.05) is 67.4 Å². The Bertz CT molecular complexity index is 1530. The number of aromatic nitrogens is 4. The molecule has 4 heterocycles. The fourth-order valence-electron chi connectivity index (χ4n) is 5.00. The van der Waals surface area contributed by atoms with Crippen molar-refractivity contribution in [2.24, 2.45) is 5.73 Å².